The molecule has 0 unspecified atom stereocenters. The van der Waals surface area contributed by atoms with Gasteiger partial charge in [-0.25, -0.2) is 9.67 Å². The van der Waals surface area contributed by atoms with Crippen molar-refractivity contribution in [1.29, 1.82) is 0 Å². The molecular weight excluding hydrogens is 260 g/mol. The molecule has 0 spiro atoms. The molecule has 2 aliphatic rings. The maximum Gasteiger partial charge on any atom is 0.154 e. The van der Waals surface area contributed by atoms with Crippen LogP contribution in [0.2, 0.25) is 0 Å². The van der Waals surface area contributed by atoms with Crippen molar-refractivity contribution in [2.24, 2.45) is 0 Å². The van der Waals surface area contributed by atoms with E-state index in [1.54, 1.807) is 0 Å². The van der Waals surface area contributed by atoms with E-state index in [2.05, 4.69) is 16.5 Å². The molecule has 1 saturated heterocycles. The van der Waals surface area contributed by atoms with Gasteiger partial charge in [-0.3, -0.25) is 0 Å². The highest BCUT2D eigenvalue weighted by atomic mass is 15.3. The van der Waals surface area contributed by atoms with Crippen LogP contribution >= 0.6 is 0 Å². The predicted molar refractivity (Wildman–Crippen MR) is 85.5 cm³/mol. The van der Waals surface area contributed by atoms with Gasteiger partial charge < -0.3 is 4.90 Å². The second-order valence-corrected chi connectivity index (χ2v) is 6.74. The van der Waals surface area contributed by atoms with Crippen LogP contribution in [0.4, 0.5) is 0 Å². The van der Waals surface area contributed by atoms with Crippen molar-refractivity contribution in [3.63, 3.8) is 0 Å². The van der Waals surface area contributed by atoms with E-state index in [-0.39, 0.29) is 0 Å². The number of aromatic nitrogens is 3. The molecule has 21 heavy (non-hydrogen) atoms. The summed E-state index contributed by atoms with van der Waals surface area (Å²) in [4.78, 5) is 7.47. The fourth-order valence-electron chi connectivity index (χ4n) is 3.30. The Hall–Kier alpha value is -0.900. The largest absolute Gasteiger partial charge is 0.303 e. The van der Waals surface area contributed by atoms with Crippen molar-refractivity contribution in [2.75, 3.05) is 19.6 Å². The maximum atomic E-state index is 4.83. The lowest BCUT2D eigenvalue weighted by molar-refractivity contribution is 0.280. The van der Waals surface area contributed by atoms with Crippen LogP contribution in [-0.4, -0.2) is 39.3 Å². The average molecular weight is 290 g/mol. The van der Waals surface area contributed by atoms with Crippen LogP contribution < -0.4 is 0 Å². The van der Waals surface area contributed by atoms with Crippen molar-refractivity contribution in [1.82, 2.24) is 19.7 Å². The normalized spacial score (nSPS) is 20.6. The van der Waals surface area contributed by atoms with Gasteiger partial charge in [0, 0.05) is 18.9 Å². The van der Waals surface area contributed by atoms with Gasteiger partial charge in [0.1, 0.15) is 5.82 Å². The minimum absolute atomic E-state index is 0.674. The third-order valence-corrected chi connectivity index (χ3v) is 4.72. The van der Waals surface area contributed by atoms with Gasteiger partial charge in [-0.05, 0) is 58.2 Å². The van der Waals surface area contributed by atoms with Gasteiger partial charge in [0.15, 0.2) is 5.82 Å². The highest BCUT2D eigenvalue weighted by molar-refractivity contribution is 5.06. The monoisotopic (exact) mass is 290 g/mol. The first-order valence-corrected chi connectivity index (χ1v) is 9.03. The van der Waals surface area contributed by atoms with Gasteiger partial charge in [-0.15, -0.1) is 0 Å². The van der Waals surface area contributed by atoms with Crippen LogP contribution in [0.25, 0.3) is 0 Å². The number of rotatable bonds is 7. The summed E-state index contributed by atoms with van der Waals surface area (Å²) in [6, 6.07) is 0. The Morgan fingerprint density at radius 2 is 1.81 bits per heavy atom. The van der Waals surface area contributed by atoms with Crippen molar-refractivity contribution in [2.45, 2.75) is 77.2 Å². The zero-order valence-electron chi connectivity index (χ0n) is 13.6. The van der Waals surface area contributed by atoms with Crippen molar-refractivity contribution >= 4 is 0 Å². The number of likely N-dealkylation sites (tertiary alicyclic amines) is 1. The summed E-state index contributed by atoms with van der Waals surface area (Å²) in [5.41, 5.74) is 0. The summed E-state index contributed by atoms with van der Waals surface area (Å²) in [5.74, 6) is 3.02. The molecule has 1 aliphatic heterocycles. The molecule has 1 aromatic heterocycles. The molecule has 0 radical (unpaired) electrons. The summed E-state index contributed by atoms with van der Waals surface area (Å²) in [7, 11) is 0. The second kappa shape index (κ2) is 7.39. The van der Waals surface area contributed by atoms with E-state index in [1.165, 1.54) is 70.4 Å². The topological polar surface area (TPSA) is 34.0 Å². The van der Waals surface area contributed by atoms with Crippen LogP contribution in [0.15, 0.2) is 0 Å². The summed E-state index contributed by atoms with van der Waals surface area (Å²) in [6.07, 6.45) is 11.7. The predicted octanol–water partition coefficient (Wildman–Crippen LogP) is 3.37. The second-order valence-electron chi connectivity index (χ2n) is 6.74. The Morgan fingerprint density at radius 3 is 2.48 bits per heavy atom. The van der Waals surface area contributed by atoms with E-state index in [0.717, 1.165) is 25.2 Å². The zero-order chi connectivity index (χ0) is 14.5. The van der Waals surface area contributed by atoms with Crippen molar-refractivity contribution < 1.29 is 0 Å². The number of aryl methyl sites for hydroxylation is 2. The first kappa shape index (κ1) is 15.0. The Morgan fingerprint density at radius 1 is 1.05 bits per heavy atom. The molecule has 0 N–H and O–H groups in total. The summed E-state index contributed by atoms with van der Waals surface area (Å²) in [6.45, 7) is 7.08. The lowest BCUT2D eigenvalue weighted by Crippen LogP contribution is -2.26. The summed E-state index contributed by atoms with van der Waals surface area (Å²) in [5, 5.41) is 4.73. The molecule has 1 aromatic rings. The molecule has 1 saturated carbocycles. The van der Waals surface area contributed by atoms with Gasteiger partial charge in [0.2, 0.25) is 0 Å². The Kier molecular flexibility index (Phi) is 5.28. The molecule has 2 heterocycles. The summed E-state index contributed by atoms with van der Waals surface area (Å²) < 4.78 is 2.18. The Labute approximate surface area is 128 Å². The standard InChI is InChI=1S/C17H30N4/c1-2-11-21-16(18-17(19-21)15-9-10-15)8-7-14-20-12-5-3-4-6-13-20/h15H,2-14H2,1H3. The molecule has 118 valence electrons. The lowest BCUT2D eigenvalue weighted by atomic mass is 10.2. The van der Waals surface area contributed by atoms with Gasteiger partial charge >= 0.3 is 0 Å². The van der Waals surface area contributed by atoms with Gasteiger partial charge in [-0.2, -0.15) is 5.10 Å². The summed E-state index contributed by atoms with van der Waals surface area (Å²) >= 11 is 0. The van der Waals surface area contributed by atoms with Gasteiger partial charge in [0.25, 0.3) is 0 Å². The van der Waals surface area contributed by atoms with Gasteiger partial charge in [0.05, 0.1) is 0 Å². The van der Waals surface area contributed by atoms with Crippen LogP contribution in [0.1, 0.15) is 75.9 Å². The van der Waals surface area contributed by atoms with E-state index >= 15 is 0 Å². The van der Waals surface area contributed by atoms with E-state index < -0.39 is 0 Å². The van der Waals surface area contributed by atoms with Crippen LogP contribution in [0.5, 0.6) is 0 Å². The minimum atomic E-state index is 0.674. The maximum absolute atomic E-state index is 4.83. The molecule has 4 nitrogen and oxygen atoms in total. The molecule has 0 amide bonds. The van der Waals surface area contributed by atoms with Crippen LogP contribution in [0, 0.1) is 0 Å². The highest BCUT2D eigenvalue weighted by Crippen LogP contribution is 2.38. The number of hydrogen-bond donors (Lipinski definition) is 0. The smallest absolute Gasteiger partial charge is 0.154 e. The molecule has 1 aliphatic carbocycles. The van der Waals surface area contributed by atoms with E-state index in [4.69, 9.17) is 10.1 Å². The van der Waals surface area contributed by atoms with E-state index in [1.807, 2.05) is 0 Å². The molecule has 3 rings (SSSR count). The molecule has 0 aromatic carbocycles. The van der Waals surface area contributed by atoms with Crippen LogP contribution in [-0.2, 0) is 13.0 Å². The third kappa shape index (κ3) is 4.29. The lowest BCUT2D eigenvalue weighted by Gasteiger charge is -2.19. The Bertz CT molecular complexity index is 428. The number of nitrogens with zero attached hydrogens (tertiary/aromatic N) is 4. The number of hydrogen-bond acceptors (Lipinski definition) is 3. The van der Waals surface area contributed by atoms with Crippen molar-refractivity contribution in [3.05, 3.63) is 11.6 Å². The fourth-order valence-corrected chi connectivity index (χ4v) is 3.30. The van der Waals surface area contributed by atoms with Gasteiger partial charge in [-0.1, -0.05) is 19.8 Å². The molecule has 0 atom stereocenters. The molecule has 4 heteroatoms. The zero-order valence-corrected chi connectivity index (χ0v) is 13.6. The first-order valence-electron chi connectivity index (χ1n) is 9.03. The van der Waals surface area contributed by atoms with E-state index in [0.29, 0.717) is 5.92 Å². The third-order valence-electron chi connectivity index (χ3n) is 4.72. The fraction of sp³-hybridized carbons (Fsp3) is 0.882. The SMILES string of the molecule is CCCn1nc(C2CC2)nc1CCCN1CCCCCC1. The quantitative estimate of drug-likeness (QED) is 0.772. The first-order chi connectivity index (χ1) is 10.4. The highest BCUT2D eigenvalue weighted by Gasteiger charge is 2.28. The average Bonchev–Trinajstić information content (AvgIpc) is 3.28. The Balaban J connectivity index is 1.51. The molecular formula is C17H30N4. The van der Waals surface area contributed by atoms with E-state index in [9.17, 15) is 0 Å². The molecule has 2 fully saturated rings. The molecule has 0 bridgehead atoms. The van der Waals surface area contributed by atoms with Crippen LogP contribution in [0.3, 0.4) is 0 Å². The van der Waals surface area contributed by atoms with Crippen molar-refractivity contribution in [3.8, 4) is 0 Å². The minimum Gasteiger partial charge on any atom is -0.303 e.